The number of ether oxygens (including phenoxy) is 1. The number of benzene rings is 1. The first kappa shape index (κ1) is 13.0. The Bertz CT molecular complexity index is 315. The summed E-state index contributed by atoms with van der Waals surface area (Å²) in [5, 5.41) is 9.88. The van der Waals surface area contributed by atoms with Gasteiger partial charge in [0.05, 0.1) is 12.7 Å². The molecule has 0 amide bonds. The average molecular weight is 223 g/mol. The lowest BCUT2D eigenvalue weighted by Gasteiger charge is -2.16. The van der Waals surface area contributed by atoms with Crippen LogP contribution in [0.25, 0.3) is 0 Å². The summed E-state index contributed by atoms with van der Waals surface area (Å²) < 4.78 is 5.55. The van der Waals surface area contributed by atoms with Gasteiger partial charge in [0, 0.05) is 5.69 Å². The Morgan fingerprint density at radius 3 is 2.81 bits per heavy atom. The fourth-order valence-corrected chi connectivity index (χ4v) is 1.61. The van der Waals surface area contributed by atoms with Crippen molar-refractivity contribution < 1.29 is 9.84 Å². The molecule has 1 rings (SSSR count). The molecule has 2 unspecified atom stereocenters. The van der Waals surface area contributed by atoms with E-state index in [2.05, 4.69) is 6.92 Å². The lowest BCUT2D eigenvalue weighted by atomic mass is 10.1. The summed E-state index contributed by atoms with van der Waals surface area (Å²) in [5.74, 6) is 0. The van der Waals surface area contributed by atoms with Gasteiger partial charge in [0.2, 0.25) is 0 Å². The standard InChI is InChI=1S/C13H21NO2/c1-3-5-10(2)16-9-13(15)11-6-4-7-12(14)8-11/h4,6-8,10,13,15H,3,5,9,14H2,1-2H3. The summed E-state index contributed by atoms with van der Waals surface area (Å²) in [5.41, 5.74) is 7.12. The molecule has 2 atom stereocenters. The fourth-order valence-electron chi connectivity index (χ4n) is 1.61. The van der Waals surface area contributed by atoms with Crippen LogP contribution >= 0.6 is 0 Å². The molecule has 0 radical (unpaired) electrons. The lowest BCUT2D eigenvalue weighted by Crippen LogP contribution is -2.14. The monoisotopic (exact) mass is 223 g/mol. The second-order valence-corrected chi connectivity index (χ2v) is 4.12. The molecule has 0 bridgehead atoms. The van der Waals surface area contributed by atoms with Crippen LogP contribution in [-0.2, 0) is 4.74 Å². The van der Waals surface area contributed by atoms with Gasteiger partial charge in [-0.25, -0.2) is 0 Å². The molecule has 0 heterocycles. The minimum Gasteiger partial charge on any atom is -0.399 e. The van der Waals surface area contributed by atoms with E-state index in [0.29, 0.717) is 12.3 Å². The fraction of sp³-hybridized carbons (Fsp3) is 0.538. The number of anilines is 1. The molecular formula is C13H21NO2. The van der Waals surface area contributed by atoms with Crippen LogP contribution in [0, 0.1) is 0 Å². The highest BCUT2D eigenvalue weighted by molar-refractivity contribution is 5.41. The van der Waals surface area contributed by atoms with Gasteiger partial charge in [-0.2, -0.15) is 0 Å². The largest absolute Gasteiger partial charge is 0.399 e. The van der Waals surface area contributed by atoms with Crippen molar-refractivity contribution in [2.45, 2.75) is 38.9 Å². The number of aliphatic hydroxyl groups excluding tert-OH is 1. The maximum absolute atomic E-state index is 9.88. The van der Waals surface area contributed by atoms with Gasteiger partial charge >= 0.3 is 0 Å². The van der Waals surface area contributed by atoms with Crippen LogP contribution in [0.15, 0.2) is 24.3 Å². The number of hydrogen-bond donors (Lipinski definition) is 2. The lowest BCUT2D eigenvalue weighted by molar-refractivity contribution is -0.00582. The molecule has 0 aliphatic carbocycles. The molecule has 0 aromatic heterocycles. The van der Waals surface area contributed by atoms with E-state index in [4.69, 9.17) is 10.5 Å². The van der Waals surface area contributed by atoms with Gasteiger partial charge < -0.3 is 15.6 Å². The zero-order chi connectivity index (χ0) is 12.0. The van der Waals surface area contributed by atoms with E-state index in [9.17, 15) is 5.11 Å². The van der Waals surface area contributed by atoms with Crippen LogP contribution in [0.5, 0.6) is 0 Å². The summed E-state index contributed by atoms with van der Waals surface area (Å²) in [7, 11) is 0. The topological polar surface area (TPSA) is 55.5 Å². The SMILES string of the molecule is CCCC(C)OCC(O)c1cccc(N)c1. The van der Waals surface area contributed by atoms with Crippen LogP contribution in [0.1, 0.15) is 38.4 Å². The minimum atomic E-state index is -0.595. The zero-order valence-corrected chi connectivity index (χ0v) is 10.0. The summed E-state index contributed by atoms with van der Waals surface area (Å²) in [4.78, 5) is 0. The molecule has 1 aromatic rings. The molecule has 0 aliphatic rings. The molecule has 3 N–H and O–H groups in total. The third-order valence-corrected chi connectivity index (χ3v) is 2.53. The number of nitrogens with two attached hydrogens (primary N) is 1. The smallest absolute Gasteiger partial charge is 0.102 e. The predicted octanol–water partition coefficient (Wildman–Crippen LogP) is 2.51. The Morgan fingerprint density at radius 2 is 2.19 bits per heavy atom. The van der Waals surface area contributed by atoms with Crippen molar-refractivity contribution in [3.8, 4) is 0 Å². The van der Waals surface area contributed by atoms with Crippen LogP contribution in [0.2, 0.25) is 0 Å². The third kappa shape index (κ3) is 4.21. The first-order chi connectivity index (χ1) is 7.63. The Hall–Kier alpha value is -1.06. The molecular weight excluding hydrogens is 202 g/mol. The van der Waals surface area contributed by atoms with Gasteiger partial charge in [0.1, 0.15) is 6.10 Å². The molecule has 3 heteroatoms. The molecule has 0 saturated heterocycles. The van der Waals surface area contributed by atoms with Crippen LogP contribution in [0.3, 0.4) is 0 Å². The minimum absolute atomic E-state index is 0.195. The number of nitrogen functional groups attached to an aromatic ring is 1. The van der Waals surface area contributed by atoms with E-state index in [1.807, 2.05) is 19.1 Å². The maximum Gasteiger partial charge on any atom is 0.102 e. The Balaban J connectivity index is 2.43. The molecule has 0 saturated carbocycles. The number of aliphatic hydroxyl groups is 1. The van der Waals surface area contributed by atoms with Crippen molar-refractivity contribution >= 4 is 5.69 Å². The van der Waals surface area contributed by atoms with E-state index in [0.717, 1.165) is 18.4 Å². The van der Waals surface area contributed by atoms with Crippen molar-refractivity contribution in [2.75, 3.05) is 12.3 Å². The highest BCUT2D eigenvalue weighted by Crippen LogP contribution is 2.17. The van der Waals surface area contributed by atoms with Crippen molar-refractivity contribution in [3.63, 3.8) is 0 Å². The van der Waals surface area contributed by atoms with Crippen LogP contribution in [0.4, 0.5) is 5.69 Å². The predicted molar refractivity (Wildman–Crippen MR) is 66.1 cm³/mol. The summed E-state index contributed by atoms with van der Waals surface area (Å²) in [6.45, 7) is 4.47. The molecule has 16 heavy (non-hydrogen) atoms. The molecule has 0 spiro atoms. The van der Waals surface area contributed by atoms with E-state index in [1.54, 1.807) is 12.1 Å². The maximum atomic E-state index is 9.88. The second kappa shape index (κ2) is 6.51. The highest BCUT2D eigenvalue weighted by Gasteiger charge is 2.10. The van der Waals surface area contributed by atoms with E-state index in [-0.39, 0.29) is 6.10 Å². The Morgan fingerprint density at radius 1 is 1.44 bits per heavy atom. The molecule has 3 nitrogen and oxygen atoms in total. The van der Waals surface area contributed by atoms with Crippen molar-refractivity contribution in [1.82, 2.24) is 0 Å². The first-order valence-electron chi connectivity index (χ1n) is 5.78. The van der Waals surface area contributed by atoms with Gasteiger partial charge in [-0.05, 0) is 31.0 Å². The zero-order valence-electron chi connectivity index (χ0n) is 10.0. The second-order valence-electron chi connectivity index (χ2n) is 4.12. The average Bonchev–Trinajstić information content (AvgIpc) is 2.26. The Kier molecular flexibility index (Phi) is 5.29. The summed E-state index contributed by atoms with van der Waals surface area (Å²) in [6, 6.07) is 7.27. The molecule has 0 aliphatic heterocycles. The molecule has 0 fully saturated rings. The highest BCUT2D eigenvalue weighted by atomic mass is 16.5. The first-order valence-corrected chi connectivity index (χ1v) is 5.78. The van der Waals surface area contributed by atoms with Gasteiger partial charge in [0.15, 0.2) is 0 Å². The van der Waals surface area contributed by atoms with Gasteiger partial charge in [-0.15, -0.1) is 0 Å². The number of hydrogen-bond acceptors (Lipinski definition) is 3. The normalized spacial score (nSPS) is 14.7. The Labute approximate surface area is 97.2 Å². The van der Waals surface area contributed by atoms with Crippen LogP contribution in [-0.4, -0.2) is 17.8 Å². The van der Waals surface area contributed by atoms with E-state index in [1.165, 1.54) is 0 Å². The van der Waals surface area contributed by atoms with Crippen LogP contribution < -0.4 is 5.73 Å². The van der Waals surface area contributed by atoms with E-state index < -0.39 is 6.10 Å². The quantitative estimate of drug-likeness (QED) is 0.728. The third-order valence-electron chi connectivity index (χ3n) is 2.53. The van der Waals surface area contributed by atoms with Gasteiger partial charge in [-0.1, -0.05) is 25.5 Å². The number of rotatable bonds is 6. The summed E-state index contributed by atoms with van der Waals surface area (Å²) in [6.07, 6.45) is 1.71. The van der Waals surface area contributed by atoms with Crippen molar-refractivity contribution in [3.05, 3.63) is 29.8 Å². The summed E-state index contributed by atoms with van der Waals surface area (Å²) >= 11 is 0. The van der Waals surface area contributed by atoms with E-state index >= 15 is 0 Å². The molecule has 90 valence electrons. The molecule has 1 aromatic carbocycles. The van der Waals surface area contributed by atoms with Crippen molar-refractivity contribution in [1.29, 1.82) is 0 Å². The van der Waals surface area contributed by atoms with Gasteiger partial charge in [0.25, 0.3) is 0 Å². The van der Waals surface area contributed by atoms with Gasteiger partial charge in [-0.3, -0.25) is 0 Å². The van der Waals surface area contributed by atoms with Crippen molar-refractivity contribution in [2.24, 2.45) is 0 Å².